The molecule has 0 aromatic carbocycles. The minimum absolute atomic E-state index is 0.0856. The Morgan fingerprint density at radius 2 is 2.00 bits per heavy atom. The largest absolute Gasteiger partial charge is 0.444 e. The van der Waals surface area contributed by atoms with Crippen LogP contribution in [0.15, 0.2) is 0 Å². The van der Waals surface area contributed by atoms with E-state index in [4.69, 9.17) is 15.2 Å². The third kappa shape index (κ3) is 3.35. The number of hydrogen-bond acceptors (Lipinski definition) is 4. The third-order valence-corrected chi connectivity index (χ3v) is 2.26. The average Bonchev–Trinajstić information content (AvgIpc) is 2.43. The zero-order valence-electron chi connectivity index (χ0n) is 9.82. The van der Waals surface area contributed by atoms with Crippen molar-refractivity contribution in [3.05, 3.63) is 0 Å². The van der Waals surface area contributed by atoms with Crippen molar-refractivity contribution in [1.29, 1.82) is 0 Å². The van der Waals surface area contributed by atoms with Crippen LogP contribution in [0.3, 0.4) is 0 Å². The summed E-state index contributed by atoms with van der Waals surface area (Å²) >= 11 is 0. The van der Waals surface area contributed by atoms with Crippen LogP contribution in [0.25, 0.3) is 0 Å². The minimum Gasteiger partial charge on any atom is -0.444 e. The molecule has 0 radical (unpaired) electrons. The summed E-state index contributed by atoms with van der Waals surface area (Å²) in [6.45, 7) is 6.53. The summed E-state index contributed by atoms with van der Waals surface area (Å²) in [4.78, 5) is 13.2. The molecule has 0 saturated carbocycles. The van der Waals surface area contributed by atoms with Crippen LogP contribution in [0.1, 0.15) is 20.8 Å². The van der Waals surface area contributed by atoms with Gasteiger partial charge in [-0.15, -0.1) is 0 Å². The Labute approximate surface area is 90.5 Å². The normalized spacial score (nSPS) is 26.9. The molecule has 15 heavy (non-hydrogen) atoms. The van der Waals surface area contributed by atoms with Gasteiger partial charge in [0, 0.05) is 13.7 Å². The van der Waals surface area contributed by atoms with Crippen molar-refractivity contribution in [2.24, 2.45) is 5.73 Å². The van der Waals surface area contributed by atoms with Crippen LogP contribution in [-0.2, 0) is 9.47 Å². The van der Waals surface area contributed by atoms with Gasteiger partial charge in [-0.05, 0) is 20.8 Å². The van der Waals surface area contributed by atoms with Crippen molar-refractivity contribution in [3.8, 4) is 0 Å². The van der Waals surface area contributed by atoms with E-state index in [2.05, 4.69) is 0 Å². The van der Waals surface area contributed by atoms with Crippen molar-refractivity contribution >= 4 is 6.09 Å². The first kappa shape index (κ1) is 12.3. The quantitative estimate of drug-likeness (QED) is 0.696. The van der Waals surface area contributed by atoms with Crippen LogP contribution in [0.5, 0.6) is 0 Å². The van der Waals surface area contributed by atoms with E-state index in [9.17, 15) is 4.79 Å². The molecular weight excluding hydrogens is 196 g/mol. The van der Waals surface area contributed by atoms with E-state index in [0.717, 1.165) is 0 Å². The lowest BCUT2D eigenvalue weighted by molar-refractivity contribution is 0.0252. The second-order valence-electron chi connectivity index (χ2n) is 4.82. The summed E-state index contributed by atoms with van der Waals surface area (Å²) in [5.41, 5.74) is 5.34. The Bertz CT molecular complexity index is 237. The van der Waals surface area contributed by atoms with Gasteiger partial charge in [0.25, 0.3) is 0 Å². The molecule has 1 fully saturated rings. The molecule has 2 unspecified atom stereocenters. The predicted molar refractivity (Wildman–Crippen MR) is 56.6 cm³/mol. The molecule has 2 atom stereocenters. The van der Waals surface area contributed by atoms with Crippen LogP contribution < -0.4 is 5.73 Å². The first-order valence-corrected chi connectivity index (χ1v) is 5.10. The molecule has 88 valence electrons. The summed E-state index contributed by atoms with van der Waals surface area (Å²) in [6, 6.07) is -0.123. The van der Waals surface area contributed by atoms with Gasteiger partial charge in [-0.25, -0.2) is 4.79 Å². The standard InChI is InChI=1S/C10H20N2O3/c1-10(2,3)15-9(13)12-5-7(11)8(6-12)14-4/h7-8H,5-6,11H2,1-4H3. The van der Waals surface area contributed by atoms with Crippen LogP contribution >= 0.6 is 0 Å². The lowest BCUT2D eigenvalue weighted by Crippen LogP contribution is -2.36. The van der Waals surface area contributed by atoms with E-state index in [0.29, 0.717) is 13.1 Å². The fraction of sp³-hybridized carbons (Fsp3) is 0.900. The van der Waals surface area contributed by atoms with Crippen LogP contribution in [-0.4, -0.2) is 48.9 Å². The number of methoxy groups -OCH3 is 1. The first-order chi connectivity index (χ1) is 6.83. The van der Waals surface area contributed by atoms with E-state index < -0.39 is 5.60 Å². The van der Waals surface area contributed by atoms with Crippen molar-refractivity contribution in [2.75, 3.05) is 20.2 Å². The highest BCUT2D eigenvalue weighted by molar-refractivity contribution is 5.68. The Balaban J connectivity index is 2.50. The fourth-order valence-corrected chi connectivity index (χ4v) is 1.52. The van der Waals surface area contributed by atoms with Gasteiger partial charge in [-0.3, -0.25) is 0 Å². The lowest BCUT2D eigenvalue weighted by atomic mass is 10.2. The molecule has 1 rings (SSSR count). The SMILES string of the molecule is COC1CN(C(=O)OC(C)(C)C)CC1N. The summed E-state index contributed by atoms with van der Waals surface area (Å²) in [5, 5.41) is 0. The van der Waals surface area contributed by atoms with Gasteiger partial charge in [-0.1, -0.05) is 0 Å². The second-order valence-corrected chi connectivity index (χ2v) is 4.82. The molecule has 0 aromatic heterocycles. The molecule has 5 nitrogen and oxygen atoms in total. The topological polar surface area (TPSA) is 64.8 Å². The smallest absolute Gasteiger partial charge is 0.410 e. The monoisotopic (exact) mass is 216 g/mol. The molecule has 0 aromatic rings. The lowest BCUT2D eigenvalue weighted by Gasteiger charge is -2.24. The van der Waals surface area contributed by atoms with Crippen molar-refractivity contribution in [2.45, 2.75) is 38.5 Å². The Morgan fingerprint density at radius 1 is 1.40 bits per heavy atom. The maximum Gasteiger partial charge on any atom is 0.410 e. The summed E-state index contributed by atoms with van der Waals surface area (Å²) < 4.78 is 10.4. The highest BCUT2D eigenvalue weighted by Crippen LogP contribution is 2.16. The number of hydrogen-bond donors (Lipinski definition) is 1. The molecule has 0 spiro atoms. The third-order valence-electron chi connectivity index (χ3n) is 2.26. The summed E-state index contributed by atoms with van der Waals surface area (Å²) in [5.74, 6) is 0. The van der Waals surface area contributed by atoms with E-state index in [1.165, 1.54) is 0 Å². The van der Waals surface area contributed by atoms with Gasteiger partial charge in [0.1, 0.15) is 5.60 Å². The maximum atomic E-state index is 11.7. The van der Waals surface area contributed by atoms with E-state index >= 15 is 0 Å². The van der Waals surface area contributed by atoms with Crippen molar-refractivity contribution in [3.63, 3.8) is 0 Å². The Kier molecular flexibility index (Phi) is 3.57. The highest BCUT2D eigenvalue weighted by atomic mass is 16.6. The molecule has 1 amide bonds. The number of carbonyl (C=O) groups excluding carboxylic acids is 1. The zero-order chi connectivity index (χ0) is 11.6. The molecule has 2 N–H and O–H groups in total. The van der Waals surface area contributed by atoms with Crippen molar-refractivity contribution < 1.29 is 14.3 Å². The van der Waals surface area contributed by atoms with E-state index in [-0.39, 0.29) is 18.2 Å². The second kappa shape index (κ2) is 4.37. The number of likely N-dealkylation sites (tertiary alicyclic amines) is 1. The average molecular weight is 216 g/mol. The van der Waals surface area contributed by atoms with Crippen LogP contribution in [0, 0.1) is 0 Å². The number of ether oxygens (including phenoxy) is 2. The molecule has 1 saturated heterocycles. The van der Waals surface area contributed by atoms with Gasteiger partial charge in [0.2, 0.25) is 0 Å². The zero-order valence-corrected chi connectivity index (χ0v) is 9.82. The number of nitrogens with zero attached hydrogens (tertiary/aromatic N) is 1. The Hall–Kier alpha value is -0.810. The number of rotatable bonds is 1. The predicted octanol–water partition coefficient (Wildman–Crippen LogP) is 0.579. The van der Waals surface area contributed by atoms with Gasteiger partial charge >= 0.3 is 6.09 Å². The molecule has 5 heteroatoms. The first-order valence-electron chi connectivity index (χ1n) is 5.10. The van der Waals surface area contributed by atoms with Gasteiger partial charge < -0.3 is 20.1 Å². The molecule has 1 aliphatic heterocycles. The molecule has 1 heterocycles. The van der Waals surface area contributed by atoms with Gasteiger partial charge in [0.15, 0.2) is 0 Å². The van der Waals surface area contributed by atoms with Crippen molar-refractivity contribution in [1.82, 2.24) is 4.90 Å². The Morgan fingerprint density at radius 3 is 2.40 bits per heavy atom. The minimum atomic E-state index is -0.466. The molecular formula is C10H20N2O3. The van der Waals surface area contributed by atoms with Crippen LogP contribution in [0.4, 0.5) is 4.79 Å². The molecule has 0 aliphatic carbocycles. The molecule has 1 aliphatic rings. The fourth-order valence-electron chi connectivity index (χ4n) is 1.52. The highest BCUT2D eigenvalue weighted by Gasteiger charge is 2.35. The number of nitrogens with two attached hydrogens (primary N) is 1. The maximum absolute atomic E-state index is 11.7. The molecule has 0 bridgehead atoms. The number of amides is 1. The summed E-state index contributed by atoms with van der Waals surface area (Å²) in [6.07, 6.45) is -0.407. The van der Waals surface area contributed by atoms with E-state index in [1.807, 2.05) is 20.8 Å². The van der Waals surface area contributed by atoms with Crippen LogP contribution in [0.2, 0.25) is 0 Å². The summed E-state index contributed by atoms with van der Waals surface area (Å²) in [7, 11) is 1.60. The van der Waals surface area contributed by atoms with Gasteiger partial charge in [-0.2, -0.15) is 0 Å². The van der Waals surface area contributed by atoms with Gasteiger partial charge in [0.05, 0.1) is 18.7 Å². The number of carbonyl (C=O) groups is 1. The van der Waals surface area contributed by atoms with E-state index in [1.54, 1.807) is 12.0 Å².